The van der Waals surface area contributed by atoms with E-state index in [1.165, 1.54) is 17.7 Å². The summed E-state index contributed by atoms with van der Waals surface area (Å²) in [5.41, 5.74) is 2.16. The zero-order chi connectivity index (χ0) is 14.1. The van der Waals surface area contributed by atoms with Gasteiger partial charge in [0.2, 0.25) is 0 Å². The first-order valence-corrected chi connectivity index (χ1v) is 7.49. The SMILES string of the molecule is COc1ccc(-c2sc(NC3CC3)nc2C)cc1OC. The summed E-state index contributed by atoms with van der Waals surface area (Å²) in [6.07, 6.45) is 2.51. The zero-order valence-corrected chi connectivity index (χ0v) is 12.7. The maximum atomic E-state index is 5.36. The molecular formula is C15H18N2O2S. The standard InChI is InChI=1S/C15H18N2O2S/c1-9-14(20-15(16-9)17-11-5-6-11)10-4-7-12(18-2)13(8-10)19-3/h4,7-8,11H,5-6H2,1-3H3,(H,16,17). The molecule has 0 bridgehead atoms. The first kappa shape index (κ1) is 13.2. The quantitative estimate of drug-likeness (QED) is 0.911. The molecule has 106 valence electrons. The molecule has 4 nitrogen and oxygen atoms in total. The monoisotopic (exact) mass is 290 g/mol. The number of hydrogen-bond donors (Lipinski definition) is 1. The van der Waals surface area contributed by atoms with Crippen molar-refractivity contribution >= 4 is 16.5 Å². The van der Waals surface area contributed by atoms with Crippen LogP contribution in [0.1, 0.15) is 18.5 Å². The third kappa shape index (κ3) is 2.58. The van der Waals surface area contributed by atoms with E-state index in [0.717, 1.165) is 27.9 Å². The molecule has 1 aliphatic carbocycles. The number of anilines is 1. The van der Waals surface area contributed by atoms with Crippen molar-refractivity contribution in [3.05, 3.63) is 23.9 Å². The van der Waals surface area contributed by atoms with Crippen LogP contribution < -0.4 is 14.8 Å². The summed E-state index contributed by atoms with van der Waals surface area (Å²) < 4.78 is 10.6. The lowest BCUT2D eigenvalue weighted by Gasteiger charge is -2.08. The highest BCUT2D eigenvalue weighted by Crippen LogP contribution is 2.38. The minimum absolute atomic E-state index is 0.624. The van der Waals surface area contributed by atoms with Gasteiger partial charge in [-0.15, -0.1) is 0 Å². The first-order valence-electron chi connectivity index (χ1n) is 6.67. The number of thiazole rings is 1. The molecule has 3 rings (SSSR count). The Bertz CT molecular complexity index is 620. The molecule has 1 aromatic heterocycles. The summed E-state index contributed by atoms with van der Waals surface area (Å²) >= 11 is 1.69. The van der Waals surface area contributed by atoms with Gasteiger partial charge in [0.25, 0.3) is 0 Å². The molecule has 0 aliphatic heterocycles. The van der Waals surface area contributed by atoms with E-state index in [2.05, 4.69) is 10.3 Å². The van der Waals surface area contributed by atoms with E-state index >= 15 is 0 Å². The molecule has 20 heavy (non-hydrogen) atoms. The predicted octanol–water partition coefficient (Wildman–Crippen LogP) is 3.71. The topological polar surface area (TPSA) is 43.4 Å². The number of benzene rings is 1. The third-order valence-electron chi connectivity index (χ3n) is 3.35. The van der Waals surface area contributed by atoms with Gasteiger partial charge < -0.3 is 14.8 Å². The number of methoxy groups -OCH3 is 2. The third-order valence-corrected chi connectivity index (χ3v) is 4.48. The second-order valence-electron chi connectivity index (χ2n) is 4.92. The van der Waals surface area contributed by atoms with Crippen LogP contribution >= 0.6 is 11.3 Å². The molecule has 5 heteroatoms. The number of ether oxygens (including phenoxy) is 2. The van der Waals surface area contributed by atoms with Gasteiger partial charge in [-0.25, -0.2) is 4.98 Å². The number of nitrogens with zero attached hydrogens (tertiary/aromatic N) is 1. The Morgan fingerprint density at radius 2 is 1.95 bits per heavy atom. The summed E-state index contributed by atoms with van der Waals surface area (Å²) in [6, 6.07) is 6.60. The van der Waals surface area contributed by atoms with Crippen molar-refractivity contribution < 1.29 is 9.47 Å². The fourth-order valence-electron chi connectivity index (χ4n) is 2.11. The van der Waals surface area contributed by atoms with E-state index in [1.54, 1.807) is 25.6 Å². The summed E-state index contributed by atoms with van der Waals surface area (Å²) in [7, 11) is 3.30. The van der Waals surface area contributed by atoms with Gasteiger partial charge in [-0.3, -0.25) is 0 Å². The maximum absolute atomic E-state index is 5.36. The van der Waals surface area contributed by atoms with E-state index in [1.807, 2.05) is 25.1 Å². The molecule has 0 spiro atoms. The lowest BCUT2D eigenvalue weighted by Crippen LogP contribution is -1.99. The zero-order valence-electron chi connectivity index (χ0n) is 11.9. The van der Waals surface area contributed by atoms with Crippen LogP contribution in [-0.2, 0) is 0 Å². The van der Waals surface area contributed by atoms with E-state index in [-0.39, 0.29) is 0 Å². The summed E-state index contributed by atoms with van der Waals surface area (Å²) in [5, 5.41) is 4.46. The molecule has 0 unspecified atom stereocenters. The average Bonchev–Trinajstić information content (AvgIpc) is 3.20. The van der Waals surface area contributed by atoms with Crippen LogP contribution in [0.3, 0.4) is 0 Å². The molecule has 1 heterocycles. The van der Waals surface area contributed by atoms with Crippen molar-refractivity contribution in [3.63, 3.8) is 0 Å². The highest BCUT2D eigenvalue weighted by Gasteiger charge is 2.23. The predicted molar refractivity (Wildman–Crippen MR) is 82.0 cm³/mol. The van der Waals surface area contributed by atoms with Gasteiger partial charge in [0.05, 0.1) is 24.8 Å². The van der Waals surface area contributed by atoms with Crippen LogP contribution in [0.2, 0.25) is 0 Å². The normalized spacial score (nSPS) is 14.2. The molecule has 1 aliphatic rings. The van der Waals surface area contributed by atoms with Gasteiger partial charge in [-0.2, -0.15) is 0 Å². The van der Waals surface area contributed by atoms with E-state index in [9.17, 15) is 0 Å². The van der Waals surface area contributed by atoms with E-state index in [4.69, 9.17) is 9.47 Å². The lowest BCUT2D eigenvalue weighted by atomic mass is 10.1. The minimum Gasteiger partial charge on any atom is -0.493 e. The number of aryl methyl sites for hydroxylation is 1. The van der Waals surface area contributed by atoms with E-state index in [0.29, 0.717) is 6.04 Å². The number of nitrogens with one attached hydrogen (secondary N) is 1. The van der Waals surface area contributed by atoms with Gasteiger partial charge in [0.1, 0.15) is 0 Å². The van der Waals surface area contributed by atoms with Gasteiger partial charge in [0, 0.05) is 6.04 Å². The molecular weight excluding hydrogens is 272 g/mol. The highest BCUT2D eigenvalue weighted by atomic mass is 32.1. The Balaban J connectivity index is 1.93. The summed E-state index contributed by atoms with van der Waals surface area (Å²) in [5.74, 6) is 1.49. The van der Waals surface area contributed by atoms with Gasteiger partial charge in [-0.1, -0.05) is 11.3 Å². The second-order valence-corrected chi connectivity index (χ2v) is 5.92. The Kier molecular flexibility index (Phi) is 3.53. The summed E-state index contributed by atoms with van der Waals surface area (Å²) in [6.45, 7) is 2.04. The van der Waals surface area contributed by atoms with Crippen molar-refractivity contribution in [1.29, 1.82) is 0 Å². The smallest absolute Gasteiger partial charge is 0.183 e. The fourth-order valence-corrected chi connectivity index (χ4v) is 3.15. The van der Waals surface area contributed by atoms with Crippen LogP contribution in [-0.4, -0.2) is 25.2 Å². The minimum atomic E-state index is 0.624. The van der Waals surface area contributed by atoms with Crippen molar-refractivity contribution in [2.75, 3.05) is 19.5 Å². The maximum Gasteiger partial charge on any atom is 0.183 e. The van der Waals surface area contributed by atoms with Crippen molar-refractivity contribution in [1.82, 2.24) is 4.98 Å². The van der Waals surface area contributed by atoms with Crippen molar-refractivity contribution in [2.45, 2.75) is 25.8 Å². The summed E-state index contributed by atoms with van der Waals surface area (Å²) in [4.78, 5) is 5.78. The number of hydrogen-bond acceptors (Lipinski definition) is 5. The van der Waals surface area contributed by atoms with Crippen LogP contribution in [0.15, 0.2) is 18.2 Å². The fraction of sp³-hybridized carbons (Fsp3) is 0.400. The van der Waals surface area contributed by atoms with Crippen LogP contribution in [0.5, 0.6) is 11.5 Å². The molecule has 1 aromatic carbocycles. The molecule has 0 radical (unpaired) electrons. The lowest BCUT2D eigenvalue weighted by molar-refractivity contribution is 0.355. The molecule has 0 amide bonds. The largest absolute Gasteiger partial charge is 0.493 e. The van der Waals surface area contributed by atoms with Gasteiger partial charge in [0.15, 0.2) is 16.6 Å². The number of rotatable bonds is 5. The highest BCUT2D eigenvalue weighted by molar-refractivity contribution is 7.19. The van der Waals surface area contributed by atoms with Gasteiger partial charge >= 0.3 is 0 Å². The molecule has 1 saturated carbocycles. The van der Waals surface area contributed by atoms with Crippen LogP contribution in [0.4, 0.5) is 5.13 Å². The Labute approximate surface area is 122 Å². The average molecular weight is 290 g/mol. The van der Waals surface area contributed by atoms with Crippen LogP contribution in [0.25, 0.3) is 10.4 Å². The Morgan fingerprint density at radius 3 is 2.60 bits per heavy atom. The number of aromatic nitrogens is 1. The first-order chi connectivity index (χ1) is 9.71. The van der Waals surface area contributed by atoms with Crippen molar-refractivity contribution in [2.24, 2.45) is 0 Å². The molecule has 0 saturated heterocycles. The van der Waals surface area contributed by atoms with Crippen molar-refractivity contribution in [3.8, 4) is 21.9 Å². The van der Waals surface area contributed by atoms with E-state index < -0.39 is 0 Å². The second kappa shape index (κ2) is 5.32. The molecule has 1 fully saturated rings. The molecule has 1 N–H and O–H groups in total. The Hall–Kier alpha value is -1.75. The Morgan fingerprint density at radius 1 is 1.20 bits per heavy atom. The molecule has 2 aromatic rings. The van der Waals surface area contributed by atoms with Crippen LogP contribution in [0, 0.1) is 6.92 Å². The molecule has 0 atom stereocenters. The van der Waals surface area contributed by atoms with Gasteiger partial charge in [-0.05, 0) is 43.5 Å².